The first kappa shape index (κ1) is 18.2. The van der Waals surface area contributed by atoms with Crippen molar-refractivity contribution >= 4 is 27.5 Å². The minimum absolute atomic E-state index is 0.238. The Bertz CT molecular complexity index is 1020. The molecule has 0 bridgehead atoms. The summed E-state index contributed by atoms with van der Waals surface area (Å²) in [5.41, 5.74) is 2.45. The number of ether oxygens (including phenoxy) is 2. The molecule has 0 atom stereocenters. The minimum atomic E-state index is -0.238. The van der Waals surface area contributed by atoms with Gasteiger partial charge in [0, 0.05) is 12.1 Å². The fourth-order valence-electron chi connectivity index (χ4n) is 2.93. The second-order valence-electron chi connectivity index (χ2n) is 5.92. The predicted molar refractivity (Wildman–Crippen MR) is 104 cm³/mol. The van der Waals surface area contributed by atoms with E-state index in [1.807, 2.05) is 41.8 Å². The van der Waals surface area contributed by atoms with Crippen LogP contribution in [0.1, 0.15) is 29.3 Å². The Morgan fingerprint density at radius 2 is 1.81 bits per heavy atom. The first-order chi connectivity index (χ1) is 12.6. The van der Waals surface area contributed by atoms with Crippen LogP contribution in [0, 0.1) is 6.92 Å². The van der Waals surface area contributed by atoms with E-state index in [-0.39, 0.29) is 5.91 Å². The number of benzene rings is 2. The van der Waals surface area contributed by atoms with Crippen LogP contribution >= 0.6 is 11.3 Å². The molecule has 26 heavy (non-hydrogen) atoms. The van der Waals surface area contributed by atoms with E-state index in [1.54, 1.807) is 20.3 Å². The van der Waals surface area contributed by atoms with Crippen molar-refractivity contribution in [3.63, 3.8) is 0 Å². The van der Waals surface area contributed by atoms with Crippen LogP contribution in [0.5, 0.6) is 11.5 Å². The van der Waals surface area contributed by atoms with Crippen LogP contribution in [-0.2, 0) is 6.54 Å². The number of nitrogens with zero attached hydrogens (tertiary/aromatic N) is 2. The molecular formula is C20H22N2O3S. The summed E-state index contributed by atoms with van der Waals surface area (Å²) in [6, 6.07) is 11.2. The van der Waals surface area contributed by atoms with E-state index >= 15 is 0 Å². The van der Waals surface area contributed by atoms with Gasteiger partial charge in [-0.3, -0.25) is 4.79 Å². The summed E-state index contributed by atoms with van der Waals surface area (Å²) in [6.07, 6.45) is 0.915. The van der Waals surface area contributed by atoms with Crippen LogP contribution in [-0.4, -0.2) is 24.7 Å². The molecule has 0 saturated heterocycles. The van der Waals surface area contributed by atoms with Gasteiger partial charge >= 0.3 is 0 Å². The molecule has 5 nitrogen and oxygen atoms in total. The SMILES string of the molecule is CCCn1c(=NC(=O)c2ccccc2C)sc2c(OC)ccc(OC)c21. The van der Waals surface area contributed by atoms with Gasteiger partial charge in [-0.2, -0.15) is 4.99 Å². The number of amides is 1. The van der Waals surface area contributed by atoms with Crippen molar-refractivity contribution in [3.05, 3.63) is 52.3 Å². The first-order valence-electron chi connectivity index (χ1n) is 8.49. The number of methoxy groups -OCH3 is 2. The summed E-state index contributed by atoms with van der Waals surface area (Å²) >= 11 is 1.44. The third-order valence-corrected chi connectivity index (χ3v) is 5.31. The monoisotopic (exact) mass is 370 g/mol. The van der Waals surface area contributed by atoms with Crippen LogP contribution in [0.2, 0.25) is 0 Å². The van der Waals surface area contributed by atoms with E-state index in [4.69, 9.17) is 9.47 Å². The number of aryl methyl sites for hydroxylation is 2. The van der Waals surface area contributed by atoms with Gasteiger partial charge in [-0.25, -0.2) is 0 Å². The zero-order valence-corrected chi connectivity index (χ0v) is 16.2. The smallest absolute Gasteiger partial charge is 0.279 e. The van der Waals surface area contributed by atoms with Gasteiger partial charge in [-0.05, 0) is 37.1 Å². The van der Waals surface area contributed by atoms with E-state index in [1.165, 1.54) is 11.3 Å². The topological polar surface area (TPSA) is 52.8 Å². The van der Waals surface area contributed by atoms with Crippen molar-refractivity contribution in [3.8, 4) is 11.5 Å². The summed E-state index contributed by atoms with van der Waals surface area (Å²) in [7, 11) is 3.28. The Labute approximate surface area is 156 Å². The molecule has 0 N–H and O–H groups in total. The molecule has 0 unspecified atom stereocenters. The highest BCUT2D eigenvalue weighted by Crippen LogP contribution is 2.35. The third kappa shape index (κ3) is 3.24. The van der Waals surface area contributed by atoms with Crippen LogP contribution in [0.25, 0.3) is 10.2 Å². The van der Waals surface area contributed by atoms with Crippen LogP contribution in [0.3, 0.4) is 0 Å². The molecule has 0 aliphatic rings. The predicted octanol–water partition coefficient (Wildman–Crippen LogP) is 4.18. The van der Waals surface area contributed by atoms with Gasteiger partial charge in [-0.15, -0.1) is 0 Å². The van der Waals surface area contributed by atoms with Gasteiger partial charge in [0.1, 0.15) is 21.7 Å². The van der Waals surface area contributed by atoms with Crippen molar-refractivity contribution in [1.82, 2.24) is 4.57 Å². The molecule has 3 aromatic rings. The van der Waals surface area contributed by atoms with Crippen molar-refractivity contribution in [2.75, 3.05) is 14.2 Å². The fourth-order valence-corrected chi connectivity index (χ4v) is 4.09. The van der Waals surface area contributed by atoms with Crippen molar-refractivity contribution < 1.29 is 14.3 Å². The number of rotatable bonds is 5. The lowest BCUT2D eigenvalue weighted by molar-refractivity contribution is 0.0997. The molecule has 0 spiro atoms. The maximum Gasteiger partial charge on any atom is 0.279 e. The molecule has 0 fully saturated rings. The van der Waals surface area contributed by atoms with Crippen LogP contribution in [0.4, 0.5) is 0 Å². The third-order valence-electron chi connectivity index (χ3n) is 4.21. The standard InChI is InChI=1S/C20H22N2O3S/c1-5-12-22-17-15(24-3)10-11-16(25-4)18(17)26-20(22)21-19(23)14-9-7-6-8-13(14)2/h6-11H,5,12H2,1-4H3. The molecule has 1 amide bonds. The lowest BCUT2D eigenvalue weighted by atomic mass is 10.1. The first-order valence-corrected chi connectivity index (χ1v) is 9.31. The highest BCUT2D eigenvalue weighted by molar-refractivity contribution is 7.16. The average molecular weight is 370 g/mol. The molecule has 136 valence electrons. The molecular weight excluding hydrogens is 348 g/mol. The van der Waals surface area contributed by atoms with Gasteiger partial charge in [-0.1, -0.05) is 36.5 Å². The van der Waals surface area contributed by atoms with E-state index in [0.29, 0.717) is 10.4 Å². The maximum atomic E-state index is 12.7. The van der Waals surface area contributed by atoms with Gasteiger partial charge in [0.15, 0.2) is 4.80 Å². The van der Waals surface area contributed by atoms with Gasteiger partial charge in [0.05, 0.1) is 14.2 Å². The zero-order chi connectivity index (χ0) is 18.7. The molecule has 0 aliphatic carbocycles. The quantitative estimate of drug-likeness (QED) is 0.677. The number of hydrogen-bond acceptors (Lipinski definition) is 4. The summed E-state index contributed by atoms with van der Waals surface area (Å²) in [6.45, 7) is 4.75. The second-order valence-corrected chi connectivity index (χ2v) is 6.89. The molecule has 1 aromatic heterocycles. The maximum absolute atomic E-state index is 12.7. The van der Waals surface area contributed by atoms with E-state index in [9.17, 15) is 4.79 Å². The Morgan fingerprint density at radius 1 is 1.12 bits per heavy atom. The Morgan fingerprint density at radius 3 is 2.46 bits per heavy atom. The van der Waals surface area contributed by atoms with Crippen molar-refractivity contribution in [1.29, 1.82) is 0 Å². The summed E-state index contributed by atoms with van der Waals surface area (Å²) < 4.78 is 14.0. The van der Waals surface area contributed by atoms with Gasteiger partial charge in [0.25, 0.3) is 5.91 Å². The molecule has 0 aliphatic heterocycles. The molecule has 0 saturated carbocycles. The Hall–Kier alpha value is -2.60. The van der Waals surface area contributed by atoms with Gasteiger partial charge in [0.2, 0.25) is 0 Å². The summed E-state index contributed by atoms with van der Waals surface area (Å²) in [5.74, 6) is 1.26. The van der Waals surface area contributed by atoms with Crippen LogP contribution < -0.4 is 14.3 Å². The number of thiazole rings is 1. The molecule has 1 heterocycles. The van der Waals surface area contributed by atoms with E-state index in [0.717, 1.165) is 40.2 Å². The minimum Gasteiger partial charge on any atom is -0.495 e. The Balaban J connectivity index is 2.27. The molecule has 2 aromatic carbocycles. The highest BCUT2D eigenvalue weighted by atomic mass is 32.1. The Kier molecular flexibility index (Phi) is 5.42. The largest absolute Gasteiger partial charge is 0.495 e. The average Bonchev–Trinajstić information content (AvgIpc) is 3.00. The number of carbonyl (C=O) groups excluding carboxylic acids is 1. The normalized spacial score (nSPS) is 11.8. The summed E-state index contributed by atoms with van der Waals surface area (Å²) in [4.78, 5) is 17.8. The van der Waals surface area contributed by atoms with Crippen LogP contribution in [0.15, 0.2) is 41.4 Å². The van der Waals surface area contributed by atoms with Gasteiger partial charge < -0.3 is 14.0 Å². The molecule has 3 rings (SSSR count). The number of fused-ring (bicyclic) bond motifs is 1. The zero-order valence-electron chi connectivity index (χ0n) is 15.4. The highest BCUT2D eigenvalue weighted by Gasteiger charge is 2.16. The van der Waals surface area contributed by atoms with Crippen molar-refractivity contribution in [2.45, 2.75) is 26.8 Å². The molecule has 6 heteroatoms. The number of carbonyl (C=O) groups is 1. The molecule has 0 radical (unpaired) electrons. The van der Waals surface area contributed by atoms with Crippen molar-refractivity contribution in [2.24, 2.45) is 4.99 Å². The number of aromatic nitrogens is 1. The summed E-state index contributed by atoms with van der Waals surface area (Å²) in [5, 5.41) is 0. The lowest BCUT2D eigenvalue weighted by Crippen LogP contribution is -2.17. The number of hydrogen-bond donors (Lipinski definition) is 0. The van der Waals surface area contributed by atoms with E-state index in [2.05, 4.69) is 11.9 Å². The van der Waals surface area contributed by atoms with E-state index < -0.39 is 0 Å². The lowest BCUT2D eigenvalue weighted by Gasteiger charge is -2.09. The fraction of sp³-hybridized carbons (Fsp3) is 0.300. The second kappa shape index (κ2) is 7.74.